The van der Waals surface area contributed by atoms with Crippen molar-refractivity contribution in [3.63, 3.8) is 0 Å². The first-order valence-corrected chi connectivity index (χ1v) is 6.58. The Labute approximate surface area is 101 Å². The van der Waals surface area contributed by atoms with Crippen LogP contribution in [0.1, 0.15) is 38.5 Å². The lowest BCUT2D eigenvalue weighted by molar-refractivity contribution is -0.0392. The monoisotopic (exact) mass is 250 g/mol. The summed E-state index contributed by atoms with van der Waals surface area (Å²) in [6.45, 7) is 0. The highest BCUT2D eigenvalue weighted by molar-refractivity contribution is 4.92. The van der Waals surface area contributed by atoms with E-state index in [0.29, 0.717) is 32.1 Å². The average molecular weight is 250 g/mol. The molecule has 1 nitrogen and oxygen atoms in total. The lowest BCUT2D eigenvalue weighted by Crippen LogP contribution is -2.42. The molecule has 0 amide bonds. The summed E-state index contributed by atoms with van der Waals surface area (Å²) in [5.41, 5.74) is 0. The Bertz CT molecular complexity index is 249. The van der Waals surface area contributed by atoms with E-state index in [0.717, 1.165) is 6.42 Å². The van der Waals surface area contributed by atoms with E-state index in [-0.39, 0.29) is 12.0 Å². The van der Waals surface area contributed by atoms with Crippen LogP contribution in [0.5, 0.6) is 0 Å². The topological polar surface area (TPSA) is 9.23 Å². The quantitative estimate of drug-likeness (QED) is 0.727. The number of hydrogen-bond acceptors (Lipinski definition) is 1. The van der Waals surface area contributed by atoms with Crippen LogP contribution in [-0.2, 0) is 4.74 Å². The Morgan fingerprint density at radius 3 is 2.29 bits per heavy atom. The molecule has 0 bridgehead atoms. The predicted octanol–water partition coefficient (Wildman–Crippen LogP) is 3.62. The molecule has 0 aromatic carbocycles. The summed E-state index contributed by atoms with van der Waals surface area (Å²) in [6.07, 6.45) is -0.616. The van der Waals surface area contributed by atoms with E-state index in [9.17, 15) is 13.2 Å². The van der Waals surface area contributed by atoms with Crippen LogP contribution >= 0.6 is 0 Å². The molecule has 2 saturated carbocycles. The molecule has 2 rings (SSSR count). The molecule has 0 heterocycles. The standard InChI is InChI=1S/C13H21F3O/c1-17-8-5-6-9(12(15)7-8)10-3-2-4-11(14)13(10)16/h8-13H,2-7H2,1H3. The van der Waals surface area contributed by atoms with Crippen molar-refractivity contribution >= 4 is 0 Å². The normalized spacial score (nSPS) is 48.0. The minimum absolute atomic E-state index is 0.0518. The molecule has 0 aromatic heterocycles. The zero-order chi connectivity index (χ0) is 12.4. The van der Waals surface area contributed by atoms with Crippen molar-refractivity contribution in [2.45, 2.75) is 63.1 Å². The highest BCUT2D eigenvalue weighted by atomic mass is 19.2. The second-order valence-electron chi connectivity index (χ2n) is 5.41. The molecule has 4 heteroatoms. The van der Waals surface area contributed by atoms with Gasteiger partial charge < -0.3 is 4.74 Å². The van der Waals surface area contributed by atoms with Gasteiger partial charge in [-0.2, -0.15) is 0 Å². The van der Waals surface area contributed by atoms with Gasteiger partial charge in [-0.05, 0) is 37.5 Å². The lowest BCUT2D eigenvalue weighted by Gasteiger charge is -2.40. The summed E-state index contributed by atoms with van der Waals surface area (Å²) in [5, 5.41) is 0. The molecule has 17 heavy (non-hydrogen) atoms. The predicted molar refractivity (Wildman–Crippen MR) is 60.2 cm³/mol. The second kappa shape index (κ2) is 5.59. The largest absolute Gasteiger partial charge is 0.381 e. The molecule has 2 aliphatic carbocycles. The van der Waals surface area contributed by atoms with Gasteiger partial charge in [0.25, 0.3) is 0 Å². The minimum Gasteiger partial charge on any atom is -0.381 e. The molecule has 0 spiro atoms. The van der Waals surface area contributed by atoms with E-state index in [1.54, 1.807) is 7.11 Å². The maximum Gasteiger partial charge on any atom is 0.134 e. The number of methoxy groups -OCH3 is 1. The lowest BCUT2D eigenvalue weighted by atomic mass is 9.70. The Balaban J connectivity index is 1.97. The van der Waals surface area contributed by atoms with Crippen molar-refractivity contribution in [3.05, 3.63) is 0 Å². The van der Waals surface area contributed by atoms with E-state index in [2.05, 4.69) is 0 Å². The van der Waals surface area contributed by atoms with Gasteiger partial charge in [-0.15, -0.1) is 0 Å². The summed E-state index contributed by atoms with van der Waals surface area (Å²) >= 11 is 0. The van der Waals surface area contributed by atoms with Crippen molar-refractivity contribution in [1.29, 1.82) is 0 Å². The SMILES string of the molecule is COC1CCC(C2CCCC(F)C2F)C(F)C1. The first kappa shape index (κ1) is 13.2. The van der Waals surface area contributed by atoms with Crippen LogP contribution in [0.2, 0.25) is 0 Å². The maximum absolute atomic E-state index is 14.0. The fourth-order valence-corrected chi connectivity index (χ4v) is 3.38. The van der Waals surface area contributed by atoms with Crippen LogP contribution in [0.25, 0.3) is 0 Å². The van der Waals surface area contributed by atoms with Gasteiger partial charge >= 0.3 is 0 Å². The molecular formula is C13H21F3O. The molecule has 100 valence electrons. The molecule has 0 aromatic rings. The van der Waals surface area contributed by atoms with Crippen molar-refractivity contribution in [2.24, 2.45) is 11.8 Å². The summed E-state index contributed by atoms with van der Waals surface area (Å²) in [7, 11) is 1.58. The Hall–Kier alpha value is -0.250. The van der Waals surface area contributed by atoms with Crippen LogP contribution in [0, 0.1) is 11.8 Å². The van der Waals surface area contributed by atoms with Gasteiger partial charge in [-0.1, -0.05) is 6.42 Å². The molecular weight excluding hydrogens is 229 g/mol. The number of rotatable bonds is 2. The molecule has 0 aliphatic heterocycles. The number of ether oxygens (including phenoxy) is 1. The van der Waals surface area contributed by atoms with Gasteiger partial charge in [-0.3, -0.25) is 0 Å². The molecule has 2 aliphatic rings. The van der Waals surface area contributed by atoms with Crippen LogP contribution in [-0.4, -0.2) is 31.7 Å². The fourth-order valence-electron chi connectivity index (χ4n) is 3.38. The summed E-state index contributed by atoms with van der Waals surface area (Å²) < 4.78 is 46.3. The highest BCUT2D eigenvalue weighted by Gasteiger charge is 2.43. The molecule has 0 radical (unpaired) electrons. The highest BCUT2D eigenvalue weighted by Crippen LogP contribution is 2.42. The van der Waals surface area contributed by atoms with E-state index >= 15 is 0 Å². The third-order valence-corrected chi connectivity index (χ3v) is 4.43. The van der Waals surface area contributed by atoms with Crippen molar-refractivity contribution < 1.29 is 17.9 Å². The first-order chi connectivity index (χ1) is 8.13. The first-order valence-electron chi connectivity index (χ1n) is 6.58. The molecule has 0 saturated heterocycles. The number of halogens is 3. The molecule has 6 atom stereocenters. The Morgan fingerprint density at radius 2 is 1.65 bits per heavy atom. The van der Waals surface area contributed by atoms with Crippen LogP contribution < -0.4 is 0 Å². The zero-order valence-electron chi connectivity index (χ0n) is 10.2. The molecule has 2 fully saturated rings. The number of hydrogen-bond donors (Lipinski definition) is 0. The summed E-state index contributed by atoms with van der Waals surface area (Å²) in [5.74, 6) is -0.735. The fraction of sp³-hybridized carbons (Fsp3) is 1.00. The van der Waals surface area contributed by atoms with Gasteiger partial charge in [0.05, 0.1) is 6.10 Å². The van der Waals surface area contributed by atoms with E-state index in [1.807, 2.05) is 0 Å². The summed E-state index contributed by atoms with van der Waals surface area (Å²) in [6, 6.07) is 0. The van der Waals surface area contributed by atoms with Crippen LogP contribution in [0.3, 0.4) is 0 Å². The average Bonchev–Trinajstić information content (AvgIpc) is 2.33. The smallest absolute Gasteiger partial charge is 0.134 e. The van der Waals surface area contributed by atoms with Crippen molar-refractivity contribution in [3.8, 4) is 0 Å². The zero-order valence-corrected chi connectivity index (χ0v) is 10.2. The van der Waals surface area contributed by atoms with Crippen LogP contribution in [0.15, 0.2) is 0 Å². The van der Waals surface area contributed by atoms with E-state index in [4.69, 9.17) is 4.74 Å². The van der Waals surface area contributed by atoms with E-state index < -0.39 is 24.4 Å². The molecule has 6 unspecified atom stereocenters. The van der Waals surface area contributed by atoms with Gasteiger partial charge in [0, 0.05) is 13.5 Å². The third-order valence-electron chi connectivity index (χ3n) is 4.43. The van der Waals surface area contributed by atoms with Crippen molar-refractivity contribution in [2.75, 3.05) is 7.11 Å². The van der Waals surface area contributed by atoms with Gasteiger partial charge in [-0.25, -0.2) is 13.2 Å². The third kappa shape index (κ3) is 2.78. The molecule has 0 N–H and O–H groups in total. The minimum atomic E-state index is -1.47. The second-order valence-corrected chi connectivity index (χ2v) is 5.41. The summed E-state index contributed by atoms with van der Waals surface area (Å²) in [4.78, 5) is 0. The number of alkyl halides is 3. The van der Waals surface area contributed by atoms with Crippen molar-refractivity contribution in [1.82, 2.24) is 0 Å². The Kier molecular flexibility index (Phi) is 4.34. The van der Waals surface area contributed by atoms with Crippen LogP contribution in [0.4, 0.5) is 13.2 Å². The van der Waals surface area contributed by atoms with E-state index in [1.165, 1.54) is 0 Å². The Morgan fingerprint density at radius 1 is 0.882 bits per heavy atom. The van der Waals surface area contributed by atoms with Gasteiger partial charge in [0.2, 0.25) is 0 Å². The maximum atomic E-state index is 14.0. The van der Waals surface area contributed by atoms with Gasteiger partial charge in [0.1, 0.15) is 18.5 Å². The van der Waals surface area contributed by atoms with Gasteiger partial charge in [0.15, 0.2) is 0 Å².